The maximum Gasteiger partial charge on any atom is 0.123 e. The molecule has 2 aromatic rings. The van der Waals surface area contributed by atoms with Gasteiger partial charge in [0, 0.05) is 0 Å². The van der Waals surface area contributed by atoms with Gasteiger partial charge in [0.2, 0.25) is 0 Å². The fourth-order valence-corrected chi connectivity index (χ4v) is 2.12. The molecule has 0 aromatic heterocycles. The summed E-state index contributed by atoms with van der Waals surface area (Å²) < 4.78 is 26.0. The molecule has 0 fully saturated rings. The summed E-state index contributed by atoms with van der Waals surface area (Å²) in [6.07, 6.45) is 0. The Balaban J connectivity index is 2.41. The van der Waals surface area contributed by atoms with Crippen LogP contribution in [0, 0.1) is 18.6 Å². The van der Waals surface area contributed by atoms with E-state index in [-0.39, 0.29) is 17.7 Å². The largest absolute Gasteiger partial charge is 0.309 e. The highest BCUT2D eigenvalue weighted by Crippen LogP contribution is 2.25. The summed E-state index contributed by atoms with van der Waals surface area (Å²) in [6, 6.07) is 11.0. The van der Waals surface area contributed by atoms with Gasteiger partial charge in [-0.15, -0.1) is 0 Å². The lowest BCUT2D eigenvalue weighted by Gasteiger charge is -2.19. The van der Waals surface area contributed by atoms with Gasteiger partial charge in [-0.1, -0.05) is 18.2 Å². The normalized spacial score (nSPS) is 12.4. The first kappa shape index (κ1) is 12.7. The Morgan fingerprint density at radius 1 is 0.944 bits per heavy atom. The summed E-state index contributed by atoms with van der Waals surface area (Å²) in [5.74, 6) is -0.505. The second-order valence-corrected chi connectivity index (χ2v) is 4.27. The van der Waals surface area contributed by atoms with Crippen LogP contribution in [-0.4, -0.2) is 7.05 Å². The number of halogens is 2. The second-order valence-electron chi connectivity index (χ2n) is 4.27. The van der Waals surface area contributed by atoms with Gasteiger partial charge >= 0.3 is 0 Å². The Morgan fingerprint density at radius 3 is 2.11 bits per heavy atom. The average molecular weight is 247 g/mol. The van der Waals surface area contributed by atoms with Crippen molar-refractivity contribution in [2.24, 2.45) is 0 Å². The molecule has 3 heteroatoms. The van der Waals surface area contributed by atoms with E-state index >= 15 is 0 Å². The summed E-state index contributed by atoms with van der Waals surface area (Å²) in [7, 11) is 1.83. The first-order valence-corrected chi connectivity index (χ1v) is 5.80. The highest BCUT2D eigenvalue weighted by Gasteiger charge is 2.14. The molecule has 1 atom stereocenters. The molecule has 1 unspecified atom stereocenters. The molecule has 0 spiro atoms. The number of aryl methyl sites for hydroxylation is 1. The zero-order valence-electron chi connectivity index (χ0n) is 10.4. The predicted octanol–water partition coefficient (Wildman–Crippen LogP) is 3.58. The van der Waals surface area contributed by atoms with Crippen LogP contribution in [0.2, 0.25) is 0 Å². The van der Waals surface area contributed by atoms with Crippen molar-refractivity contribution in [2.45, 2.75) is 13.0 Å². The molecule has 1 nitrogen and oxygen atoms in total. The molecule has 2 rings (SSSR count). The highest BCUT2D eigenvalue weighted by molar-refractivity contribution is 5.37. The Morgan fingerprint density at radius 2 is 1.56 bits per heavy atom. The molecule has 1 N–H and O–H groups in total. The minimum absolute atomic E-state index is 0.0637. The third-order valence-corrected chi connectivity index (χ3v) is 3.03. The Hall–Kier alpha value is -1.74. The van der Waals surface area contributed by atoms with E-state index in [4.69, 9.17) is 0 Å². The lowest BCUT2D eigenvalue weighted by atomic mass is 9.95. The molecule has 0 heterocycles. The predicted molar refractivity (Wildman–Crippen MR) is 68.4 cm³/mol. The summed E-state index contributed by atoms with van der Waals surface area (Å²) in [5, 5.41) is 3.17. The molecule has 2 aromatic carbocycles. The van der Waals surface area contributed by atoms with E-state index in [2.05, 4.69) is 5.32 Å². The number of hydrogen-bond acceptors (Lipinski definition) is 1. The van der Waals surface area contributed by atoms with Gasteiger partial charge in [0.25, 0.3) is 0 Å². The van der Waals surface area contributed by atoms with Crippen molar-refractivity contribution in [1.29, 1.82) is 0 Å². The highest BCUT2D eigenvalue weighted by atomic mass is 19.1. The van der Waals surface area contributed by atoms with E-state index in [1.165, 1.54) is 24.3 Å². The second kappa shape index (κ2) is 5.27. The van der Waals surface area contributed by atoms with Crippen LogP contribution in [0.25, 0.3) is 0 Å². The van der Waals surface area contributed by atoms with E-state index in [9.17, 15) is 8.78 Å². The fraction of sp³-hybridized carbons (Fsp3) is 0.200. The monoisotopic (exact) mass is 247 g/mol. The van der Waals surface area contributed by atoms with Crippen molar-refractivity contribution in [3.63, 3.8) is 0 Å². The van der Waals surface area contributed by atoms with Crippen LogP contribution in [0.4, 0.5) is 8.78 Å². The lowest BCUT2D eigenvalue weighted by Crippen LogP contribution is -2.18. The number of rotatable bonds is 3. The zero-order chi connectivity index (χ0) is 13.1. The van der Waals surface area contributed by atoms with Crippen molar-refractivity contribution in [3.8, 4) is 0 Å². The molecule has 0 bridgehead atoms. The van der Waals surface area contributed by atoms with Crippen LogP contribution in [0.15, 0.2) is 42.5 Å². The summed E-state index contributed by atoms with van der Waals surface area (Å²) in [6.45, 7) is 1.87. The van der Waals surface area contributed by atoms with Gasteiger partial charge in [-0.05, 0) is 54.9 Å². The van der Waals surface area contributed by atoms with Gasteiger partial charge in [0.15, 0.2) is 0 Å². The van der Waals surface area contributed by atoms with E-state index in [1.807, 2.05) is 14.0 Å². The van der Waals surface area contributed by atoms with Gasteiger partial charge in [0.1, 0.15) is 11.6 Å². The summed E-state index contributed by atoms with van der Waals surface area (Å²) in [4.78, 5) is 0. The van der Waals surface area contributed by atoms with E-state index < -0.39 is 0 Å². The van der Waals surface area contributed by atoms with Crippen LogP contribution < -0.4 is 5.32 Å². The van der Waals surface area contributed by atoms with Gasteiger partial charge in [0.05, 0.1) is 6.04 Å². The quantitative estimate of drug-likeness (QED) is 0.874. The molecule has 0 saturated heterocycles. The van der Waals surface area contributed by atoms with Crippen LogP contribution >= 0.6 is 0 Å². The number of hydrogen-bond donors (Lipinski definition) is 1. The Kier molecular flexibility index (Phi) is 3.72. The van der Waals surface area contributed by atoms with E-state index in [0.717, 1.165) is 16.7 Å². The molecule has 0 saturated carbocycles. The maximum atomic E-state index is 13.1. The van der Waals surface area contributed by atoms with Gasteiger partial charge in [-0.3, -0.25) is 0 Å². The Bertz CT molecular complexity index is 535. The number of benzene rings is 2. The molecule has 18 heavy (non-hydrogen) atoms. The van der Waals surface area contributed by atoms with Crippen LogP contribution in [-0.2, 0) is 0 Å². The maximum absolute atomic E-state index is 13.1. The average Bonchev–Trinajstić information content (AvgIpc) is 2.35. The van der Waals surface area contributed by atoms with E-state index in [0.29, 0.717) is 0 Å². The third kappa shape index (κ3) is 2.57. The van der Waals surface area contributed by atoms with Crippen molar-refractivity contribution in [1.82, 2.24) is 5.32 Å². The topological polar surface area (TPSA) is 12.0 Å². The zero-order valence-corrected chi connectivity index (χ0v) is 10.4. The summed E-state index contributed by atoms with van der Waals surface area (Å²) >= 11 is 0. The summed E-state index contributed by atoms with van der Waals surface area (Å²) in [5.41, 5.74) is 2.82. The van der Waals surface area contributed by atoms with Gasteiger partial charge < -0.3 is 5.32 Å². The standard InChI is InChI=1S/C15H15F2N/c1-10-9-13(17)7-8-14(10)15(18-2)11-3-5-12(16)6-4-11/h3-9,15,18H,1-2H3. The molecule has 0 amide bonds. The molecular weight excluding hydrogens is 232 g/mol. The Labute approximate surface area is 105 Å². The van der Waals surface area contributed by atoms with Crippen LogP contribution in [0.1, 0.15) is 22.7 Å². The van der Waals surface area contributed by atoms with Crippen molar-refractivity contribution >= 4 is 0 Å². The smallest absolute Gasteiger partial charge is 0.123 e. The molecule has 0 radical (unpaired) electrons. The molecule has 0 aliphatic carbocycles. The van der Waals surface area contributed by atoms with Gasteiger partial charge in [-0.2, -0.15) is 0 Å². The lowest BCUT2D eigenvalue weighted by molar-refractivity contribution is 0.618. The molecule has 0 aliphatic rings. The van der Waals surface area contributed by atoms with Crippen molar-refractivity contribution in [2.75, 3.05) is 7.05 Å². The number of nitrogens with one attached hydrogen (secondary N) is 1. The first-order valence-electron chi connectivity index (χ1n) is 5.80. The fourth-order valence-electron chi connectivity index (χ4n) is 2.12. The van der Waals surface area contributed by atoms with Crippen molar-refractivity contribution in [3.05, 3.63) is 70.8 Å². The minimum atomic E-state index is -0.260. The van der Waals surface area contributed by atoms with Gasteiger partial charge in [-0.25, -0.2) is 8.78 Å². The van der Waals surface area contributed by atoms with Crippen molar-refractivity contribution < 1.29 is 8.78 Å². The molecular formula is C15H15F2N. The first-order chi connectivity index (χ1) is 8.61. The minimum Gasteiger partial charge on any atom is -0.309 e. The SMILES string of the molecule is CNC(c1ccc(F)cc1)c1ccc(F)cc1C. The van der Waals surface area contributed by atoms with E-state index in [1.54, 1.807) is 18.2 Å². The third-order valence-electron chi connectivity index (χ3n) is 3.03. The van der Waals surface area contributed by atoms with Crippen LogP contribution in [0.3, 0.4) is 0 Å². The molecule has 0 aliphatic heterocycles. The van der Waals surface area contributed by atoms with Crippen LogP contribution in [0.5, 0.6) is 0 Å². The molecule has 94 valence electrons.